The molecule has 5 nitrogen and oxygen atoms in total. The van der Waals surface area contributed by atoms with Gasteiger partial charge in [-0.1, -0.05) is 11.3 Å². The third kappa shape index (κ3) is 2.80. The molecule has 0 bridgehead atoms. The second-order valence-electron chi connectivity index (χ2n) is 3.63. The fraction of sp³-hybridized carbons (Fsp3) is 0.400. The molecule has 2 heterocycles. The molecule has 0 saturated carbocycles. The van der Waals surface area contributed by atoms with Crippen molar-refractivity contribution >= 4 is 21.7 Å². The zero-order valence-electron chi connectivity index (χ0n) is 9.69. The van der Waals surface area contributed by atoms with Gasteiger partial charge in [0.25, 0.3) is 10.8 Å². The quantitative estimate of drug-likeness (QED) is 0.942. The zero-order valence-corrected chi connectivity index (χ0v) is 10.5. The zero-order chi connectivity index (χ0) is 14.2. The van der Waals surface area contributed by atoms with Crippen LogP contribution in [0.5, 0.6) is 10.9 Å². The molecule has 0 unspecified atom stereocenters. The Morgan fingerprint density at radius 1 is 1.53 bits per heavy atom. The monoisotopic (exact) mass is 294 g/mol. The van der Waals surface area contributed by atoms with Gasteiger partial charge in [0.05, 0.1) is 6.61 Å². The van der Waals surface area contributed by atoms with Crippen LogP contribution < -0.4 is 10.3 Å². The minimum Gasteiger partial charge on any atom is -0.506 e. The summed E-state index contributed by atoms with van der Waals surface area (Å²) in [6.07, 6.45) is -4.55. The van der Waals surface area contributed by atoms with E-state index in [0.29, 0.717) is 4.57 Å². The second-order valence-corrected chi connectivity index (χ2v) is 4.60. The van der Waals surface area contributed by atoms with Gasteiger partial charge in [0.2, 0.25) is 0 Å². The van der Waals surface area contributed by atoms with E-state index >= 15 is 0 Å². The summed E-state index contributed by atoms with van der Waals surface area (Å²) in [5.74, 6) is -0.401. The van der Waals surface area contributed by atoms with Gasteiger partial charge in [-0.2, -0.15) is 18.2 Å². The lowest BCUT2D eigenvalue weighted by atomic mass is 10.4. The minimum absolute atomic E-state index is 0.0901. The fourth-order valence-electron chi connectivity index (χ4n) is 1.52. The molecule has 0 radical (unpaired) electrons. The van der Waals surface area contributed by atoms with Crippen molar-refractivity contribution < 1.29 is 23.0 Å². The van der Waals surface area contributed by atoms with Crippen molar-refractivity contribution in [1.82, 2.24) is 9.55 Å². The lowest BCUT2D eigenvalue weighted by Gasteiger charge is -2.09. The molecule has 0 saturated heterocycles. The van der Waals surface area contributed by atoms with Gasteiger partial charge < -0.3 is 9.84 Å². The van der Waals surface area contributed by atoms with E-state index in [4.69, 9.17) is 4.74 Å². The van der Waals surface area contributed by atoms with Crippen LogP contribution in [-0.2, 0) is 6.54 Å². The van der Waals surface area contributed by atoms with Crippen LogP contribution >= 0.6 is 11.3 Å². The van der Waals surface area contributed by atoms with Crippen molar-refractivity contribution in [2.75, 3.05) is 6.61 Å². The highest BCUT2D eigenvalue weighted by atomic mass is 32.1. The smallest absolute Gasteiger partial charge is 0.406 e. The molecule has 0 aliphatic rings. The standard InChI is InChI=1S/C10H9F3N2O3S/c1-2-18-9-14-8-7(19-9)5(16)3-6(17)15(8)4-10(11,12)13/h3,16H,2,4H2,1H3. The Bertz CT molecular complexity index is 662. The topological polar surface area (TPSA) is 64.3 Å². The number of nitrogens with zero attached hydrogens (tertiary/aromatic N) is 2. The number of thiazole rings is 1. The van der Waals surface area contributed by atoms with Crippen LogP contribution in [0, 0.1) is 0 Å². The molecule has 2 aromatic rings. The van der Waals surface area contributed by atoms with Crippen LogP contribution in [0.25, 0.3) is 10.3 Å². The number of halogens is 3. The van der Waals surface area contributed by atoms with E-state index in [1.807, 2.05) is 0 Å². The van der Waals surface area contributed by atoms with E-state index in [2.05, 4.69) is 4.98 Å². The Morgan fingerprint density at radius 3 is 2.79 bits per heavy atom. The Labute approximate surface area is 108 Å². The van der Waals surface area contributed by atoms with Crippen LogP contribution in [-0.4, -0.2) is 27.4 Å². The van der Waals surface area contributed by atoms with Crippen LogP contribution in [0.1, 0.15) is 6.92 Å². The molecular weight excluding hydrogens is 285 g/mol. The summed E-state index contributed by atoms with van der Waals surface area (Å²) < 4.78 is 42.9. The van der Waals surface area contributed by atoms with Gasteiger partial charge in [0, 0.05) is 6.07 Å². The van der Waals surface area contributed by atoms with Gasteiger partial charge in [-0.05, 0) is 6.92 Å². The molecule has 0 aliphatic heterocycles. The van der Waals surface area contributed by atoms with Gasteiger partial charge in [-0.3, -0.25) is 9.36 Å². The highest BCUT2D eigenvalue weighted by Crippen LogP contribution is 2.33. The summed E-state index contributed by atoms with van der Waals surface area (Å²) in [5.41, 5.74) is -1.19. The van der Waals surface area contributed by atoms with Crippen LogP contribution in [0.4, 0.5) is 13.2 Å². The Hall–Kier alpha value is -1.77. The normalized spacial score (nSPS) is 12.0. The first-order valence-electron chi connectivity index (χ1n) is 5.24. The third-order valence-electron chi connectivity index (χ3n) is 2.21. The first-order valence-corrected chi connectivity index (χ1v) is 6.06. The van der Waals surface area contributed by atoms with Gasteiger partial charge in [-0.25, -0.2) is 0 Å². The van der Waals surface area contributed by atoms with Crippen molar-refractivity contribution in [3.8, 4) is 10.9 Å². The van der Waals surface area contributed by atoms with E-state index in [-0.39, 0.29) is 22.1 Å². The Kier molecular flexibility index (Phi) is 3.40. The molecule has 0 aliphatic carbocycles. The predicted molar refractivity (Wildman–Crippen MR) is 62.8 cm³/mol. The molecule has 9 heteroatoms. The largest absolute Gasteiger partial charge is 0.506 e. The number of alkyl halides is 3. The van der Waals surface area contributed by atoms with Crippen molar-refractivity contribution in [1.29, 1.82) is 0 Å². The van der Waals surface area contributed by atoms with Gasteiger partial charge in [0.15, 0.2) is 5.65 Å². The average molecular weight is 294 g/mol. The van der Waals surface area contributed by atoms with Crippen molar-refractivity contribution in [3.63, 3.8) is 0 Å². The Morgan fingerprint density at radius 2 is 2.21 bits per heavy atom. The van der Waals surface area contributed by atoms with Crippen molar-refractivity contribution in [3.05, 3.63) is 16.4 Å². The number of hydrogen-bond donors (Lipinski definition) is 1. The first-order chi connectivity index (χ1) is 8.81. The van der Waals surface area contributed by atoms with E-state index in [9.17, 15) is 23.1 Å². The van der Waals surface area contributed by atoms with Crippen LogP contribution in [0.2, 0.25) is 0 Å². The molecule has 2 aromatic heterocycles. The van der Waals surface area contributed by atoms with Gasteiger partial charge >= 0.3 is 6.18 Å². The average Bonchev–Trinajstić information content (AvgIpc) is 2.68. The number of pyridine rings is 1. The lowest BCUT2D eigenvalue weighted by molar-refractivity contribution is -0.140. The third-order valence-corrected chi connectivity index (χ3v) is 3.19. The maximum absolute atomic E-state index is 12.4. The second kappa shape index (κ2) is 4.72. The highest BCUT2D eigenvalue weighted by Gasteiger charge is 2.30. The summed E-state index contributed by atoms with van der Waals surface area (Å²) in [5, 5.41) is 9.68. The number of ether oxygens (including phenoxy) is 1. The number of hydrogen-bond acceptors (Lipinski definition) is 5. The SMILES string of the molecule is CCOc1nc2c(s1)c(O)cc(=O)n2CC(F)(F)F. The molecule has 2 rings (SSSR count). The van der Waals surface area contributed by atoms with Crippen molar-refractivity contribution in [2.45, 2.75) is 19.6 Å². The molecule has 0 spiro atoms. The van der Waals surface area contributed by atoms with E-state index in [1.165, 1.54) is 0 Å². The van der Waals surface area contributed by atoms with Crippen LogP contribution in [0.15, 0.2) is 10.9 Å². The van der Waals surface area contributed by atoms with E-state index in [0.717, 1.165) is 17.4 Å². The summed E-state index contributed by atoms with van der Waals surface area (Å²) in [4.78, 5) is 15.3. The Balaban J connectivity index is 2.64. The molecule has 1 N–H and O–H groups in total. The highest BCUT2D eigenvalue weighted by molar-refractivity contribution is 7.20. The summed E-state index contributed by atoms with van der Waals surface area (Å²) in [6, 6.07) is 0.738. The number of rotatable bonds is 3. The van der Waals surface area contributed by atoms with Crippen LogP contribution in [0.3, 0.4) is 0 Å². The maximum atomic E-state index is 12.4. The minimum atomic E-state index is -4.55. The molecule has 104 valence electrons. The summed E-state index contributed by atoms with van der Waals surface area (Å²) in [7, 11) is 0. The molecule has 0 atom stereocenters. The maximum Gasteiger partial charge on any atom is 0.406 e. The van der Waals surface area contributed by atoms with Crippen molar-refractivity contribution in [2.24, 2.45) is 0 Å². The summed E-state index contributed by atoms with van der Waals surface area (Å²) in [6.45, 7) is 0.511. The fourth-order valence-corrected chi connectivity index (χ4v) is 2.42. The van der Waals surface area contributed by atoms with E-state index in [1.54, 1.807) is 6.92 Å². The number of aromatic hydroxyl groups is 1. The molecular formula is C10H9F3N2O3S. The van der Waals surface area contributed by atoms with E-state index < -0.39 is 24.0 Å². The summed E-state index contributed by atoms with van der Waals surface area (Å²) >= 11 is 0.887. The predicted octanol–water partition coefficient (Wildman–Crippen LogP) is 2.12. The number of aromatic nitrogens is 2. The molecule has 0 fully saturated rings. The number of fused-ring (bicyclic) bond motifs is 1. The molecule has 19 heavy (non-hydrogen) atoms. The van der Waals surface area contributed by atoms with Gasteiger partial charge in [0.1, 0.15) is 17.0 Å². The first kappa shape index (κ1) is 13.7. The van der Waals surface area contributed by atoms with Gasteiger partial charge in [-0.15, -0.1) is 0 Å². The molecule has 0 aromatic carbocycles. The lowest BCUT2D eigenvalue weighted by Crippen LogP contribution is -2.27. The molecule has 0 amide bonds.